The Labute approximate surface area is 87.5 Å². The lowest BCUT2D eigenvalue weighted by atomic mass is 10.7. The molecular formula is C8H24N2Si3. The molecular weight excluding hydrogens is 208 g/mol. The van der Waals surface area contributed by atoms with E-state index in [4.69, 9.17) is 0 Å². The van der Waals surface area contributed by atoms with Gasteiger partial charge in [0.05, 0.1) is 0 Å². The van der Waals surface area contributed by atoms with Crippen LogP contribution in [0.25, 0.3) is 0 Å². The van der Waals surface area contributed by atoms with Crippen molar-refractivity contribution in [3.63, 3.8) is 0 Å². The molecule has 0 aromatic rings. The van der Waals surface area contributed by atoms with E-state index in [0.717, 1.165) is 0 Å². The van der Waals surface area contributed by atoms with E-state index in [1.807, 2.05) is 0 Å². The largest absolute Gasteiger partial charge is 0.338 e. The zero-order chi connectivity index (χ0) is 10.3. The first-order valence-electron chi connectivity index (χ1n) is 5.21. The lowest BCUT2D eigenvalue weighted by Crippen LogP contribution is -2.52. The van der Waals surface area contributed by atoms with Crippen LogP contribution in [0.2, 0.25) is 39.3 Å². The molecule has 0 amide bonds. The third-order valence-corrected chi connectivity index (χ3v) is 15.0. The third-order valence-electron chi connectivity index (χ3n) is 2.88. The van der Waals surface area contributed by atoms with E-state index >= 15 is 0 Å². The maximum absolute atomic E-state index is 2.85. The van der Waals surface area contributed by atoms with Crippen LogP contribution in [0.3, 0.4) is 0 Å². The fourth-order valence-electron chi connectivity index (χ4n) is 1.68. The van der Waals surface area contributed by atoms with Crippen molar-refractivity contribution in [1.29, 1.82) is 0 Å². The predicted molar refractivity (Wildman–Crippen MR) is 68.6 cm³/mol. The zero-order valence-corrected chi connectivity index (χ0v) is 13.4. The van der Waals surface area contributed by atoms with Crippen molar-refractivity contribution in [1.82, 2.24) is 8.46 Å². The number of hydrogen-bond acceptors (Lipinski definition) is 2. The third kappa shape index (κ3) is 3.02. The van der Waals surface area contributed by atoms with Crippen molar-refractivity contribution >= 4 is 26.3 Å². The van der Waals surface area contributed by atoms with Crippen LogP contribution in [0.15, 0.2) is 0 Å². The quantitative estimate of drug-likeness (QED) is 0.662. The summed E-state index contributed by atoms with van der Waals surface area (Å²) in [5.74, 6) is 0. The highest BCUT2D eigenvalue weighted by Gasteiger charge is 2.35. The van der Waals surface area contributed by atoms with E-state index in [0.29, 0.717) is 0 Å². The summed E-state index contributed by atoms with van der Waals surface area (Å²) in [5.41, 5.74) is 0. The highest BCUT2D eigenvalue weighted by Crippen LogP contribution is 2.18. The molecule has 2 nitrogen and oxygen atoms in total. The second-order valence-electron chi connectivity index (χ2n) is 6.01. The molecule has 13 heavy (non-hydrogen) atoms. The molecule has 0 aromatic heterocycles. The van der Waals surface area contributed by atoms with Crippen LogP contribution in [-0.4, -0.2) is 47.9 Å². The Morgan fingerprint density at radius 2 is 1.08 bits per heavy atom. The minimum atomic E-state index is -0.969. The molecule has 1 aliphatic rings. The van der Waals surface area contributed by atoms with Crippen LogP contribution in [0.5, 0.6) is 0 Å². The van der Waals surface area contributed by atoms with Crippen LogP contribution in [0.1, 0.15) is 0 Å². The van der Waals surface area contributed by atoms with Gasteiger partial charge in [0.25, 0.3) is 0 Å². The van der Waals surface area contributed by atoms with Gasteiger partial charge in [0.2, 0.25) is 0 Å². The van der Waals surface area contributed by atoms with Crippen molar-refractivity contribution in [2.75, 3.05) is 13.1 Å². The number of hydrogen-bond donors (Lipinski definition) is 0. The SMILES string of the molecule is C[Si](C)(C)N1CCN([Si](C)(C)C)[SiH2]1. The fraction of sp³-hybridized carbons (Fsp3) is 1.00. The second kappa shape index (κ2) is 3.62. The van der Waals surface area contributed by atoms with Crippen LogP contribution in [-0.2, 0) is 0 Å². The second-order valence-corrected chi connectivity index (χ2v) is 19.0. The highest BCUT2D eigenvalue weighted by atomic mass is 28.4. The summed E-state index contributed by atoms with van der Waals surface area (Å²) in [7, 11) is -1.99. The Hall–Kier alpha value is 0.571. The molecule has 0 atom stereocenters. The van der Waals surface area contributed by atoms with Crippen molar-refractivity contribution in [2.45, 2.75) is 39.3 Å². The Bertz CT molecular complexity index is 163. The summed E-state index contributed by atoms with van der Waals surface area (Å²) >= 11 is 0. The minimum Gasteiger partial charge on any atom is -0.338 e. The summed E-state index contributed by atoms with van der Waals surface area (Å²) in [5, 5.41) is 0. The van der Waals surface area contributed by atoms with Gasteiger partial charge in [-0.15, -0.1) is 0 Å². The Morgan fingerprint density at radius 1 is 0.769 bits per heavy atom. The molecule has 0 N–H and O–H groups in total. The van der Waals surface area contributed by atoms with Crippen LogP contribution >= 0.6 is 0 Å². The monoisotopic (exact) mass is 232 g/mol. The lowest BCUT2D eigenvalue weighted by Gasteiger charge is -2.33. The molecule has 1 heterocycles. The van der Waals surface area contributed by atoms with Crippen molar-refractivity contribution in [2.24, 2.45) is 0 Å². The van der Waals surface area contributed by atoms with Gasteiger partial charge in [-0.05, 0) is 13.1 Å². The van der Waals surface area contributed by atoms with Crippen LogP contribution < -0.4 is 0 Å². The Kier molecular flexibility index (Phi) is 3.24. The molecule has 5 heteroatoms. The lowest BCUT2D eigenvalue weighted by molar-refractivity contribution is 0.654. The summed E-state index contributed by atoms with van der Waals surface area (Å²) in [4.78, 5) is 0. The molecule has 0 bridgehead atoms. The molecule has 78 valence electrons. The van der Waals surface area contributed by atoms with E-state index in [2.05, 4.69) is 47.7 Å². The van der Waals surface area contributed by atoms with E-state index in [-0.39, 0.29) is 9.84 Å². The van der Waals surface area contributed by atoms with Gasteiger partial charge >= 0.3 is 0 Å². The smallest absolute Gasteiger partial charge is 0.159 e. The Morgan fingerprint density at radius 3 is 1.23 bits per heavy atom. The van der Waals surface area contributed by atoms with E-state index in [1.165, 1.54) is 13.1 Å². The van der Waals surface area contributed by atoms with Gasteiger partial charge in [-0.1, -0.05) is 39.3 Å². The fourth-order valence-corrected chi connectivity index (χ4v) is 9.05. The summed E-state index contributed by atoms with van der Waals surface area (Å²) in [6.45, 7) is 17.6. The van der Waals surface area contributed by atoms with E-state index in [9.17, 15) is 0 Å². The first-order valence-corrected chi connectivity index (χ1v) is 13.4. The van der Waals surface area contributed by atoms with Crippen molar-refractivity contribution in [3.8, 4) is 0 Å². The van der Waals surface area contributed by atoms with E-state index < -0.39 is 16.5 Å². The molecule has 1 saturated heterocycles. The van der Waals surface area contributed by atoms with Gasteiger partial charge in [0, 0.05) is 0 Å². The maximum Gasteiger partial charge on any atom is 0.159 e. The number of nitrogens with zero attached hydrogens (tertiary/aromatic N) is 2. The van der Waals surface area contributed by atoms with Gasteiger partial charge in [0.15, 0.2) is 9.84 Å². The predicted octanol–water partition coefficient (Wildman–Crippen LogP) is 1.27. The normalized spacial score (nSPS) is 22.6. The molecule has 0 aromatic carbocycles. The zero-order valence-electron chi connectivity index (χ0n) is 10.0. The molecule has 0 spiro atoms. The molecule has 1 aliphatic heterocycles. The highest BCUT2D eigenvalue weighted by molar-refractivity contribution is 6.84. The van der Waals surface area contributed by atoms with Gasteiger partial charge in [-0.25, -0.2) is 0 Å². The van der Waals surface area contributed by atoms with Gasteiger partial charge in [-0.3, -0.25) is 0 Å². The topological polar surface area (TPSA) is 6.48 Å². The minimum absolute atomic E-state index is 0.0471. The first kappa shape index (κ1) is 11.6. The molecule has 0 aliphatic carbocycles. The van der Waals surface area contributed by atoms with Gasteiger partial charge < -0.3 is 8.46 Å². The Balaban J connectivity index is 2.55. The molecule has 0 saturated carbocycles. The van der Waals surface area contributed by atoms with Gasteiger partial charge in [0.1, 0.15) is 16.5 Å². The number of rotatable bonds is 2. The maximum atomic E-state index is 2.85. The van der Waals surface area contributed by atoms with Crippen LogP contribution in [0.4, 0.5) is 0 Å². The molecule has 1 fully saturated rings. The molecule has 0 unspecified atom stereocenters. The summed E-state index contributed by atoms with van der Waals surface area (Å²) in [6, 6.07) is 0. The standard InChI is InChI=1S/C8H24N2Si3/c1-12(2,3)9-7-8-10(11-9)13(4,5)6/h7-8,11H2,1-6H3. The molecule has 1 rings (SSSR count). The molecule has 0 radical (unpaired) electrons. The van der Waals surface area contributed by atoms with Crippen LogP contribution in [0, 0.1) is 0 Å². The summed E-state index contributed by atoms with van der Waals surface area (Å²) < 4.78 is 5.70. The average molecular weight is 233 g/mol. The van der Waals surface area contributed by atoms with Crippen molar-refractivity contribution < 1.29 is 0 Å². The van der Waals surface area contributed by atoms with E-state index in [1.54, 1.807) is 0 Å². The summed E-state index contributed by atoms with van der Waals surface area (Å²) in [6.07, 6.45) is 0. The average Bonchev–Trinajstić information content (AvgIpc) is 2.28. The van der Waals surface area contributed by atoms with Crippen molar-refractivity contribution in [3.05, 3.63) is 0 Å². The van der Waals surface area contributed by atoms with Gasteiger partial charge in [-0.2, -0.15) is 0 Å². The first-order chi connectivity index (χ1) is 5.71.